The predicted molar refractivity (Wildman–Crippen MR) is 52.7 cm³/mol. The summed E-state index contributed by atoms with van der Waals surface area (Å²) in [7, 11) is 0. The average molecular weight is 203 g/mol. The summed E-state index contributed by atoms with van der Waals surface area (Å²) >= 11 is 1.34. The summed E-state index contributed by atoms with van der Waals surface area (Å²) in [6.45, 7) is 0. The SMILES string of the molecule is N#CNC(=O)c1cc2cnccc2s1. The van der Waals surface area contributed by atoms with Gasteiger partial charge in [0.1, 0.15) is 0 Å². The van der Waals surface area contributed by atoms with E-state index in [-0.39, 0.29) is 5.91 Å². The Morgan fingerprint density at radius 1 is 1.64 bits per heavy atom. The maximum Gasteiger partial charge on any atom is 0.274 e. The summed E-state index contributed by atoms with van der Waals surface area (Å²) in [5.41, 5.74) is 0. The summed E-state index contributed by atoms with van der Waals surface area (Å²) in [5.74, 6) is -0.367. The summed E-state index contributed by atoms with van der Waals surface area (Å²) < 4.78 is 0.989. The molecule has 0 spiro atoms. The number of pyridine rings is 1. The van der Waals surface area contributed by atoms with Gasteiger partial charge in [-0.15, -0.1) is 11.3 Å². The number of nitriles is 1. The number of carbonyl (C=O) groups is 1. The van der Waals surface area contributed by atoms with Crippen molar-refractivity contribution in [2.24, 2.45) is 0 Å². The fourth-order valence-electron chi connectivity index (χ4n) is 1.11. The van der Waals surface area contributed by atoms with Gasteiger partial charge >= 0.3 is 0 Å². The first-order chi connectivity index (χ1) is 6.81. The number of hydrogen-bond donors (Lipinski definition) is 1. The Labute approximate surface area is 83.8 Å². The molecule has 0 bridgehead atoms. The summed E-state index contributed by atoms with van der Waals surface area (Å²) in [5, 5.41) is 11.3. The van der Waals surface area contributed by atoms with E-state index in [9.17, 15) is 4.79 Å². The van der Waals surface area contributed by atoms with E-state index in [0.717, 1.165) is 10.1 Å². The highest BCUT2D eigenvalue weighted by Crippen LogP contribution is 2.24. The van der Waals surface area contributed by atoms with Crippen LogP contribution in [0.4, 0.5) is 0 Å². The van der Waals surface area contributed by atoms with Gasteiger partial charge in [-0.05, 0) is 12.1 Å². The highest BCUT2D eigenvalue weighted by atomic mass is 32.1. The molecule has 0 saturated carbocycles. The van der Waals surface area contributed by atoms with E-state index in [1.165, 1.54) is 11.3 Å². The van der Waals surface area contributed by atoms with Crippen LogP contribution in [0, 0.1) is 11.5 Å². The van der Waals surface area contributed by atoms with Crippen LogP contribution in [-0.4, -0.2) is 10.9 Å². The van der Waals surface area contributed by atoms with E-state index in [2.05, 4.69) is 10.3 Å². The van der Waals surface area contributed by atoms with Crippen molar-refractivity contribution in [2.75, 3.05) is 0 Å². The lowest BCUT2D eigenvalue weighted by Crippen LogP contribution is -2.15. The van der Waals surface area contributed by atoms with Crippen LogP contribution < -0.4 is 5.32 Å². The van der Waals surface area contributed by atoms with Crippen molar-refractivity contribution in [3.63, 3.8) is 0 Å². The smallest absolute Gasteiger partial charge is 0.267 e. The van der Waals surface area contributed by atoms with Crippen LogP contribution >= 0.6 is 11.3 Å². The fourth-order valence-corrected chi connectivity index (χ4v) is 2.03. The first-order valence-corrected chi connectivity index (χ1v) is 4.66. The normalized spacial score (nSPS) is 9.64. The third kappa shape index (κ3) is 1.43. The highest BCUT2D eigenvalue weighted by Gasteiger charge is 2.08. The van der Waals surface area contributed by atoms with Gasteiger partial charge < -0.3 is 0 Å². The molecule has 14 heavy (non-hydrogen) atoms. The van der Waals surface area contributed by atoms with Crippen molar-refractivity contribution in [3.05, 3.63) is 29.4 Å². The lowest BCUT2D eigenvalue weighted by Gasteiger charge is -1.88. The van der Waals surface area contributed by atoms with Crippen LogP contribution in [0.2, 0.25) is 0 Å². The van der Waals surface area contributed by atoms with Crippen LogP contribution in [0.5, 0.6) is 0 Å². The second kappa shape index (κ2) is 3.44. The van der Waals surface area contributed by atoms with Crippen LogP contribution in [0.25, 0.3) is 10.1 Å². The van der Waals surface area contributed by atoms with Gasteiger partial charge in [0.25, 0.3) is 5.91 Å². The number of hydrogen-bond acceptors (Lipinski definition) is 4. The van der Waals surface area contributed by atoms with E-state index >= 15 is 0 Å². The Morgan fingerprint density at radius 3 is 3.21 bits per heavy atom. The Morgan fingerprint density at radius 2 is 2.50 bits per heavy atom. The van der Waals surface area contributed by atoms with E-state index < -0.39 is 0 Å². The highest BCUT2D eigenvalue weighted by molar-refractivity contribution is 7.20. The number of carbonyl (C=O) groups excluding carboxylic acids is 1. The quantitative estimate of drug-likeness (QED) is 0.564. The van der Waals surface area contributed by atoms with Gasteiger partial charge in [0.2, 0.25) is 0 Å². The van der Waals surface area contributed by atoms with Gasteiger partial charge in [-0.25, -0.2) is 0 Å². The lowest BCUT2D eigenvalue weighted by molar-refractivity contribution is 0.0977. The monoisotopic (exact) mass is 203 g/mol. The van der Waals surface area contributed by atoms with Gasteiger partial charge in [0.05, 0.1) is 4.88 Å². The molecule has 2 aromatic rings. The van der Waals surface area contributed by atoms with Crippen LogP contribution in [-0.2, 0) is 0 Å². The third-order valence-corrected chi connectivity index (χ3v) is 2.82. The van der Waals surface area contributed by atoms with Crippen molar-refractivity contribution in [3.8, 4) is 6.19 Å². The standard InChI is InChI=1S/C9H5N3OS/c10-5-12-9(13)8-3-6-4-11-2-1-7(6)14-8/h1-4H,(H,12,13). The molecule has 0 atom stereocenters. The van der Waals surface area contributed by atoms with E-state index in [1.807, 2.05) is 6.07 Å². The number of thiophene rings is 1. The Kier molecular flexibility index (Phi) is 2.13. The fraction of sp³-hybridized carbons (Fsp3) is 0. The largest absolute Gasteiger partial charge is 0.274 e. The molecule has 5 heteroatoms. The molecule has 2 aromatic heterocycles. The first kappa shape index (κ1) is 8.66. The molecule has 0 unspecified atom stereocenters. The minimum absolute atomic E-state index is 0.367. The minimum atomic E-state index is -0.367. The van der Waals surface area contributed by atoms with Crippen LogP contribution in [0.15, 0.2) is 24.5 Å². The average Bonchev–Trinajstić information content (AvgIpc) is 2.61. The van der Waals surface area contributed by atoms with Gasteiger partial charge in [0.15, 0.2) is 6.19 Å². The number of fused-ring (bicyclic) bond motifs is 1. The Balaban J connectivity index is 2.46. The number of amides is 1. The molecule has 0 radical (unpaired) electrons. The number of aromatic nitrogens is 1. The molecule has 0 aromatic carbocycles. The second-order valence-corrected chi connectivity index (χ2v) is 3.67. The molecule has 2 rings (SSSR count). The maximum absolute atomic E-state index is 11.3. The maximum atomic E-state index is 11.3. The van der Waals surface area contributed by atoms with Gasteiger partial charge in [0, 0.05) is 22.5 Å². The molecule has 1 amide bonds. The Bertz CT molecular complexity index is 493. The zero-order valence-corrected chi connectivity index (χ0v) is 7.84. The van der Waals surface area contributed by atoms with Crippen LogP contribution in [0.3, 0.4) is 0 Å². The van der Waals surface area contributed by atoms with Crippen molar-refractivity contribution in [2.45, 2.75) is 0 Å². The molecule has 0 aliphatic rings. The third-order valence-electron chi connectivity index (χ3n) is 1.71. The molecule has 0 aliphatic carbocycles. The lowest BCUT2D eigenvalue weighted by atomic mass is 10.3. The van der Waals surface area contributed by atoms with Crippen LogP contribution in [0.1, 0.15) is 9.67 Å². The predicted octanol–water partition coefficient (Wildman–Crippen LogP) is 1.51. The zero-order chi connectivity index (χ0) is 9.97. The molecule has 0 fully saturated rings. The number of rotatable bonds is 1. The number of nitrogens with one attached hydrogen (secondary N) is 1. The topological polar surface area (TPSA) is 65.8 Å². The second-order valence-electron chi connectivity index (χ2n) is 2.59. The summed E-state index contributed by atoms with van der Waals surface area (Å²) in [6.07, 6.45) is 4.96. The molecule has 4 nitrogen and oxygen atoms in total. The molecule has 0 saturated heterocycles. The van der Waals surface area contributed by atoms with E-state index in [0.29, 0.717) is 4.88 Å². The van der Waals surface area contributed by atoms with E-state index in [1.54, 1.807) is 24.7 Å². The number of nitrogens with zero attached hydrogens (tertiary/aromatic N) is 2. The summed E-state index contributed by atoms with van der Waals surface area (Å²) in [4.78, 5) is 15.7. The molecule has 1 N–H and O–H groups in total. The van der Waals surface area contributed by atoms with Gasteiger partial charge in [-0.1, -0.05) is 0 Å². The molecule has 0 aliphatic heterocycles. The van der Waals surface area contributed by atoms with Crippen molar-refractivity contribution in [1.29, 1.82) is 5.26 Å². The van der Waals surface area contributed by atoms with E-state index in [4.69, 9.17) is 5.26 Å². The van der Waals surface area contributed by atoms with Gasteiger partial charge in [-0.2, -0.15) is 5.26 Å². The molecule has 2 heterocycles. The van der Waals surface area contributed by atoms with Crippen molar-refractivity contribution in [1.82, 2.24) is 10.3 Å². The van der Waals surface area contributed by atoms with Crippen molar-refractivity contribution >= 4 is 27.3 Å². The van der Waals surface area contributed by atoms with Crippen molar-refractivity contribution < 1.29 is 4.79 Å². The zero-order valence-electron chi connectivity index (χ0n) is 7.02. The molecule has 68 valence electrons. The minimum Gasteiger partial charge on any atom is -0.267 e. The van der Waals surface area contributed by atoms with Gasteiger partial charge in [-0.3, -0.25) is 15.1 Å². The Hall–Kier alpha value is -1.93. The summed E-state index contributed by atoms with van der Waals surface area (Å²) in [6, 6.07) is 3.56. The first-order valence-electron chi connectivity index (χ1n) is 3.84. The molecular weight excluding hydrogens is 198 g/mol. The molecular formula is C9H5N3OS.